The molecule has 0 saturated carbocycles. The summed E-state index contributed by atoms with van der Waals surface area (Å²) >= 11 is 2.24. The van der Waals surface area contributed by atoms with E-state index < -0.39 is 6.61 Å². The first-order chi connectivity index (χ1) is 9.56. The van der Waals surface area contributed by atoms with Crippen molar-refractivity contribution in [2.75, 3.05) is 5.32 Å². The maximum atomic E-state index is 12.4. The van der Waals surface area contributed by atoms with Crippen molar-refractivity contribution in [2.24, 2.45) is 0 Å². The third-order valence-electron chi connectivity index (χ3n) is 2.85. The molecule has 0 radical (unpaired) electrons. The molecule has 0 aliphatic heterocycles. The lowest BCUT2D eigenvalue weighted by molar-refractivity contribution is -0.0493. The van der Waals surface area contributed by atoms with Gasteiger partial charge in [0.1, 0.15) is 5.75 Å². The fourth-order valence-electron chi connectivity index (χ4n) is 1.85. The number of ether oxygens (including phenoxy) is 1. The van der Waals surface area contributed by atoms with Gasteiger partial charge < -0.3 is 10.1 Å². The lowest BCUT2D eigenvalue weighted by atomic mass is 10.1. The van der Waals surface area contributed by atoms with Crippen molar-refractivity contribution >= 4 is 28.3 Å². The lowest BCUT2D eigenvalue weighted by Crippen LogP contribution is -2.10. The molecular weight excluding hydrogens is 375 g/mol. The minimum atomic E-state index is -2.83. The second-order valence-corrected chi connectivity index (χ2v) is 5.54. The van der Waals surface area contributed by atoms with Crippen LogP contribution in [-0.2, 0) is 0 Å². The van der Waals surface area contributed by atoms with E-state index in [2.05, 4.69) is 32.6 Å². The van der Waals surface area contributed by atoms with Crippen LogP contribution in [0.15, 0.2) is 48.5 Å². The highest BCUT2D eigenvalue weighted by atomic mass is 127. The third-order valence-corrected chi connectivity index (χ3v) is 3.56. The van der Waals surface area contributed by atoms with Crippen LogP contribution in [0.4, 0.5) is 14.5 Å². The molecule has 0 saturated heterocycles. The molecule has 1 atom stereocenters. The highest BCUT2D eigenvalue weighted by Gasteiger charge is 2.12. The van der Waals surface area contributed by atoms with Crippen LogP contribution < -0.4 is 10.1 Å². The molecule has 2 aromatic rings. The number of halogens is 3. The van der Waals surface area contributed by atoms with Gasteiger partial charge in [-0.3, -0.25) is 0 Å². The topological polar surface area (TPSA) is 21.3 Å². The highest BCUT2D eigenvalue weighted by Crippen LogP contribution is 2.29. The fourth-order valence-corrected chi connectivity index (χ4v) is 2.21. The van der Waals surface area contributed by atoms with Crippen molar-refractivity contribution < 1.29 is 13.5 Å². The quantitative estimate of drug-likeness (QED) is 0.722. The summed E-state index contributed by atoms with van der Waals surface area (Å²) in [5.41, 5.74) is 1.64. The SMILES string of the molecule is CC(Nc1ccccc1OC(F)F)c1ccc(I)cc1. The van der Waals surface area contributed by atoms with Gasteiger partial charge in [0, 0.05) is 9.61 Å². The largest absolute Gasteiger partial charge is 0.433 e. The van der Waals surface area contributed by atoms with E-state index in [-0.39, 0.29) is 11.8 Å². The summed E-state index contributed by atoms with van der Waals surface area (Å²) in [4.78, 5) is 0. The first-order valence-corrected chi connectivity index (χ1v) is 7.20. The Kier molecular flexibility index (Phi) is 5.17. The molecule has 5 heteroatoms. The van der Waals surface area contributed by atoms with Gasteiger partial charge in [0.25, 0.3) is 0 Å². The van der Waals surface area contributed by atoms with E-state index in [1.807, 2.05) is 31.2 Å². The number of anilines is 1. The number of hydrogen-bond acceptors (Lipinski definition) is 2. The highest BCUT2D eigenvalue weighted by molar-refractivity contribution is 14.1. The van der Waals surface area contributed by atoms with Crippen LogP contribution in [0.5, 0.6) is 5.75 Å². The molecule has 2 nitrogen and oxygen atoms in total. The summed E-state index contributed by atoms with van der Waals surface area (Å²) in [5.74, 6) is 0.153. The van der Waals surface area contributed by atoms with Gasteiger partial charge in [-0.25, -0.2) is 0 Å². The van der Waals surface area contributed by atoms with E-state index in [0.29, 0.717) is 5.69 Å². The summed E-state index contributed by atoms with van der Waals surface area (Å²) in [6, 6.07) is 14.7. The minimum Gasteiger partial charge on any atom is -0.433 e. The number of para-hydroxylation sites is 2. The molecule has 2 rings (SSSR count). The maximum Gasteiger partial charge on any atom is 0.387 e. The van der Waals surface area contributed by atoms with E-state index in [4.69, 9.17) is 0 Å². The van der Waals surface area contributed by atoms with Gasteiger partial charge in [-0.1, -0.05) is 24.3 Å². The second-order valence-electron chi connectivity index (χ2n) is 4.29. The van der Waals surface area contributed by atoms with Crippen molar-refractivity contribution in [3.8, 4) is 5.75 Å². The third kappa shape index (κ3) is 4.06. The zero-order valence-electron chi connectivity index (χ0n) is 10.8. The number of rotatable bonds is 5. The summed E-state index contributed by atoms with van der Waals surface area (Å²) in [6.45, 7) is -0.854. The van der Waals surface area contributed by atoms with Gasteiger partial charge in [0.15, 0.2) is 0 Å². The van der Waals surface area contributed by atoms with Crippen LogP contribution in [0.25, 0.3) is 0 Å². The zero-order chi connectivity index (χ0) is 14.5. The van der Waals surface area contributed by atoms with Gasteiger partial charge in [-0.05, 0) is 59.3 Å². The van der Waals surface area contributed by atoms with E-state index in [9.17, 15) is 8.78 Å². The van der Waals surface area contributed by atoms with Crippen LogP contribution in [0.2, 0.25) is 0 Å². The molecule has 0 bridgehead atoms. The zero-order valence-corrected chi connectivity index (χ0v) is 13.0. The normalized spacial score (nSPS) is 12.2. The number of hydrogen-bond donors (Lipinski definition) is 1. The van der Waals surface area contributed by atoms with Crippen molar-refractivity contribution in [1.82, 2.24) is 0 Å². The Bertz CT molecular complexity index is 560. The maximum absolute atomic E-state index is 12.4. The van der Waals surface area contributed by atoms with Crippen LogP contribution >= 0.6 is 22.6 Å². The van der Waals surface area contributed by atoms with Crippen molar-refractivity contribution in [3.63, 3.8) is 0 Å². The molecule has 1 unspecified atom stereocenters. The predicted molar refractivity (Wildman–Crippen MR) is 84.3 cm³/mol. The Morgan fingerprint density at radius 2 is 1.70 bits per heavy atom. The van der Waals surface area contributed by atoms with Crippen molar-refractivity contribution in [3.05, 3.63) is 57.7 Å². The molecule has 0 amide bonds. The Balaban J connectivity index is 2.15. The Hall–Kier alpha value is -1.37. The summed E-state index contributed by atoms with van der Waals surface area (Å²) < 4.78 is 30.4. The molecule has 0 aliphatic carbocycles. The fraction of sp³-hybridized carbons (Fsp3) is 0.200. The Morgan fingerprint density at radius 1 is 1.05 bits per heavy atom. The second kappa shape index (κ2) is 6.88. The number of nitrogens with one attached hydrogen (secondary N) is 1. The van der Waals surface area contributed by atoms with Gasteiger partial charge >= 0.3 is 6.61 Å². The monoisotopic (exact) mass is 389 g/mol. The van der Waals surface area contributed by atoms with Crippen LogP contribution in [0.3, 0.4) is 0 Å². The van der Waals surface area contributed by atoms with Gasteiger partial charge in [0.2, 0.25) is 0 Å². The van der Waals surface area contributed by atoms with Gasteiger partial charge in [0.05, 0.1) is 5.69 Å². The first kappa shape index (κ1) is 15.0. The van der Waals surface area contributed by atoms with E-state index in [1.54, 1.807) is 18.2 Å². The average molecular weight is 389 g/mol. The molecular formula is C15H14F2INO. The minimum absolute atomic E-state index is 0.00516. The molecule has 1 N–H and O–H groups in total. The van der Waals surface area contributed by atoms with E-state index in [0.717, 1.165) is 9.13 Å². The summed E-state index contributed by atoms with van der Waals surface area (Å²) in [6.07, 6.45) is 0. The Labute approximate surface area is 130 Å². The number of alkyl halides is 2. The van der Waals surface area contributed by atoms with Crippen LogP contribution in [-0.4, -0.2) is 6.61 Å². The van der Waals surface area contributed by atoms with Gasteiger partial charge in [-0.2, -0.15) is 8.78 Å². The average Bonchev–Trinajstić information content (AvgIpc) is 2.41. The molecule has 106 valence electrons. The standard InChI is InChI=1S/C15H14F2INO/c1-10(11-6-8-12(18)9-7-11)19-13-4-2-3-5-14(13)20-15(16)17/h2-10,15,19H,1H3. The van der Waals surface area contributed by atoms with Crippen molar-refractivity contribution in [2.45, 2.75) is 19.6 Å². The number of benzene rings is 2. The molecule has 2 aromatic carbocycles. The molecule has 0 aromatic heterocycles. The smallest absolute Gasteiger partial charge is 0.387 e. The summed E-state index contributed by atoms with van der Waals surface area (Å²) in [7, 11) is 0. The predicted octanol–water partition coefficient (Wildman–Crippen LogP) is 5.07. The molecule has 0 aliphatic rings. The van der Waals surface area contributed by atoms with Crippen molar-refractivity contribution in [1.29, 1.82) is 0 Å². The molecule has 20 heavy (non-hydrogen) atoms. The van der Waals surface area contributed by atoms with Crippen LogP contribution in [0, 0.1) is 3.57 Å². The molecule has 0 heterocycles. The first-order valence-electron chi connectivity index (χ1n) is 6.12. The van der Waals surface area contributed by atoms with Crippen LogP contribution in [0.1, 0.15) is 18.5 Å². The van der Waals surface area contributed by atoms with E-state index in [1.165, 1.54) is 6.07 Å². The Morgan fingerprint density at radius 3 is 2.35 bits per heavy atom. The van der Waals surface area contributed by atoms with E-state index >= 15 is 0 Å². The summed E-state index contributed by atoms with van der Waals surface area (Å²) in [5, 5.41) is 3.19. The lowest BCUT2D eigenvalue weighted by Gasteiger charge is -2.18. The van der Waals surface area contributed by atoms with Gasteiger partial charge in [-0.15, -0.1) is 0 Å². The molecule has 0 fully saturated rings. The molecule has 0 spiro atoms.